The van der Waals surface area contributed by atoms with Crippen LogP contribution in [0.25, 0.3) is 0 Å². The van der Waals surface area contributed by atoms with Gasteiger partial charge in [-0.1, -0.05) is 27.7 Å². The van der Waals surface area contributed by atoms with E-state index in [0.29, 0.717) is 6.42 Å². The summed E-state index contributed by atoms with van der Waals surface area (Å²) in [5.74, 6) is 0.286. The molecule has 0 saturated carbocycles. The number of rotatable bonds is 8. The van der Waals surface area contributed by atoms with Crippen LogP contribution in [-0.2, 0) is 24.7 Å². The van der Waals surface area contributed by atoms with Crippen molar-refractivity contribution in [2.75, 3.05) is 13.1 Å². The maximum absolute atomic E-state index is 12.8. The van der Waals surface area contributed by atoms with Crippen molar-refractivity contribution >= 4 is 5.78 Å². The first-order valence-corrected chi connectivity index (χ1v) is 7.72. The van der Waals surface area contributed by atoms with Crippen LogP contribution in [0, 0.1) is 0 Å². The molecule has 4 heteroatoms. The number of ketones is 1. The van der Waals surface area contributed by atoms with Crippen LogP contribution in [0.3, 0.4) is 0 Å². The zero-order chi connectivity index (χ0) is 15.3. The summed E-state index contributed by atoms with van der Waals surface area (Å²) in [7, 11) is 1.92. The van der Waals surface area contributed by atoms with E-state index < -0.39 is 0 Å². The Hall–Kier alpha value is -1.16. The number of nitrogens with zero attached hydrogens (tertiary/aromatic N) is 3. The van der Waals surface area contributed by atoms with Gasteiger partial charge >= 0.3 is 0 Å². The number of carbonyl (C=O) groups excluding carboxylic acids is 1. The van der Waals surface area contributed by atoms with Crippen LogP contribution in [0.2, 0.25) is 0 Å². The second-order valence-electron chi connectivity index (χ2n) is 5.50. The number of hydrogen-bond donors (Lipinski definition) is 0. The summed E-state index contributed by atoms with van der Waals surface area (Å²) in [4.78, 5) is 15.0. The standard InChI is InChI=1S/C16H29N3O/c1-7-13-11-14(18(6)17-13)12-15(20)16(5,8-2)19(9-3)10-4/h11H,7-10,12H2,1-6H3. The molecule has 1 atom stereocenters. The number of aryl methyl sites for hydroxylation is 2. The van der Waals surface area contributed by atoms with E-state index in [1.165, 1.54) is 0 Å². The molecule has 0 radical (unpaired) electrons. The minimum Gasteiger partial charge on any atom is -0.297 e. The van der Waals surface area contributed by atoms with Gasteiger partial charge in [0, 0.05) is 12.7 Å². The highest BCUT2D eigenvalue weighted by Gasteiger charge is 2.36. The third-order valence-electron chi connectivity index (χ3n) is 4.48. The molecule has 1 heterocycles. The molecule has 0 N–H and O–H groups in total. The Labute approximate surface area is 123 Å². The molecular weight excluding hydrogens is 250 g/mol. The number of aromatic nitrogens is 2. The van der Waals surface area contributed by atoms with Crippen molar-refractivity contribution in [2.24, 2.45) is 7.05 Å². The third-order valence-corrected chi connectivity index (χ3v) is 4.48. The summed E-state index contributed by atoms with van der Waals surface area (Å²) in [6.07, 6.45) is 2.21. The van der Waals surface area contributed by atoms with E-state index in [2.05, 4.69) is 50.7 Å². The summed E-state index contributed by atoms with van der Waals surface area (Å²) in [5.41, 5.74) is 1.69. The second-order valence-corrected chi connectivity index (χ2v) is 5.50. The van der Waals surface area contributed by atoms with Crippen LogP contribution in [0.4, 0.5) is 0 Å². The van der Waals surface area contributed by atoms with Crippen molar-refractivity contribution < 1.29 is 4.79 Å². The van der Waals surface area contributed by atoms with Gasteiger partial charge in [-0.3, -0.25) is 14.4 Å². The Balaban J connectivity index is 2.94. The quantitative estimate of drug-likeness (QED) is 0.734. The van der Waals surface area contributed by atoms with Crippen molar-refractivity contribution in [1.29, 1.82) is 0 Å². The Morgan fingerprint density at radius 2 is 1.90 bits per heavy atom. The largest absolute Gasteiger partial charge is 0.297 e. The first kappa shape index (κ1) is 16.9. The smallest absolute Gasteiger partial charge is 0.158 e. The van der Waals surface area contributed by atoms with Gasteiger partial charge in [-0.05, 0) is 38.9 Å². The molecule has 0 bridgehead atoms. The average molecular weight is 279 g/mol. The Morgan fingerprint density at radius 1 is 1.30 bits per heavy atom. The SMILES string of the molecule is CCc1cc(CC(=O)C(C)(CC)N(CC)CC)n(C)n1. The fourth-order valence-electron chi connectivity index (χ4n) is 2.78. The van der Waals surface area contributed by atoms with Gasteiger partial charge in [-0.15, -0.1) is 0 Å². The van der Waals surface area contributed by atoms with Crippen molar-refractivity contribution in [2.45, 2.75) is 59.4 Å². The molecule has 0 amide bonds. The molecule has 0 saturated heterocycles. The van der Waals surface area contributed by atoms with Gasteiger partial charge in [0.15, 0.2) is 5.78 Å². The molecule has 1 rings (SSSR count). The number of carbonyl (C=O) groups is 1. The van der Waals surface area contributed by atoms with Gasteiger partial charge < -0.3 is 0 Å². The summed E-state index contributed by atoms with van der Waals surface area (Å²) in [6.45, 7) is 12.3. The fraction of sp³-hybridized carbons (Fsp3) is 0.750. The van der Waals surface area contributed by atoms with E-state index >= 15 is 0 Å². The molecule has 1 unspecified atom stereocenters. The summed E-state index contributed by atoms with van der Waals surface area (Å²) in [5, 5.41) is 4.43. The predicted molar refractivity (Wildman–Crippen MR) is 82.9 cm³/mol. The van der Waals surface area contributed by atoms with Crippen LogP contribution in [0.15, 0.2) is 6.07 Å². The summed E-state index contributed by atoms with van der Waals surface area (Å²) in [6, 6.07) is 2.05. The first-order valence-electron chi connectivity index (χ1n) is 7.72. The Morgan fingerprint density at radius 3 is 2.30 bits per heavy atom. The Bertz CT molecular complexity index is 449. The predicted octanol–water partition coefficient (Wildman–Crippen LogP) is 2.60. The summed E-state index contributed by atoms with van der Waals surface area (Å²) >= 11 is 0. The zero-order valence-electron chi connectivity index (χ0n) is 13.9. The van der Waals surface area contributed by atoms with Gasteiger partial charge in [0.2, 0.25) is 0 Å². The van der Waals surface area contributed by atoms with Gasteiger partial charge in [0.1, 0.15) is 0 Å². The van der Waals surface area contributed by atoms with Gasteiger partial charge in [-0.2, -0.15) is 5.10 Å². The second kappa shape index (κ2) is 7.02. The maximum atomic E-state index is 12.8. The molecule has 0 aromatic carbocycles. The topological polar surface area (TPSA) is 38.1 Å². The highest BCUT2D eigenvalue weighted by Crippen LogP contribution is 2.22. The fourth-order valence-corrected chi connectivity index (χ4v) is 2.78. The molecule has 0 spiro atoms. The van der Waals surface area contributed by atoms with Gasteiger partial charge in [-0.25, -0.2) is 0 Å². The zero-order valence-corrected chi connectivity index (χ0v) is 13.9. The van der Waals surface area contributed by atoms with E-state index in [1.807, 2.05) is 11.7 Å². The average Bonchev–Trinajstić information content (AvgIpc) is 2.80. The number of likely N-dealkylation sites (N-methyl/N-ethyl adjacent to an activating group) is 1. The van der Waals surface area contributed by atoms with Crippen molar-refractivity contribution in [3.63, 3.8) is 0 Å². The highest BCUT2D eigenvalue weighted by atomic mass is 16.1. The summed E-state index contributed by atoms with van der Waals surface area (Å²) < 4.78 is 1.84. The lowest BCUT2D eigenvalue weighted by molar-refractivity contribution is -0.130. The lowest BCUT2D eigenvalue weighted by atomic mass is 9.88. The van der Waals surface area contributed by atoms with Crippen molar-refractivity contribution in [3.8, 4) is 0 Å². The maximum Gasteiger partial charge on any atom is 0.158 e. The first-order chi connectivity index (χ1) is 9.42. The van der Waals surface area contributed by atoms with Gasteiger partial charge in [0.05, 0.1) is 17.7 Å². The molecular formula is C16H29N3O. The lowest BCUT2D eigenvalue weighted by Crippen LogP contribution is -2.52. The van der Waals surface area contributed by atoms with Crippen molar-refractivity contribution in [3.05, 3.63) is 17.5 Å². The van der Waals surface area contributed by atoms with Gasteiger partial charge in [0.25, 0.3) is 0 Å². The van der Waals surface area contributed by atoms with Crippen LogP contribution >= 0.6 is 0 Å². The number of hydrogen-bond acceptors (Lipinski definition) is 3. The molecule has 0 aliphatic carbocycles. The molecule has 114 valence electrons. The van der Waals surface area contributed by atoms with Crippen LogP contribution < -0.4 is 0 Å². The molecule has 4 nitrogen and oxygen atoms in total. The van der Waals surface area contributed by atoms with Crippen molar-refractivity contribution in [1.82, 2.24) is 14.7 Å². The minimum atomic E-state index is -0.375. The molecule has 0 aliphatic rings. The van der Waals surface area contributed by atoms with Crippen LogP contribution in [0.5, 0.6) is 0 Å². The normalized spacial score (nSPS) is 14.6. The molecule has 20 heavy (non-hydrogen) atoms. The van der Waals surface area contributed by atoms with Crippen LogP contribution in [-0.4, -0.2) is 39.1 Å². The van der Waals surface area contributed by atoms with E-state index in [4.69, 9.17) is 0 Å². The molecule has 0 aliphatic heterocycles. The van der Waals surface area contributed by atoms with E-state index in [9.17, 15) is 4.79 Å². The lowest BCUT2D eigenvalue weighted by Gasteiger charge is -2.38. The molecule has 0 fully saturated rings. The number of Topliss-reactive ketones (excluding diaryl/α,β-unsaturated/α-hetero) is 1. The highest BCUT2D eigenvalue weighted by molar-refractivity contribution is 5.89. The van der Waals surface area contributed by atoms with E-state index in [-0.39, 0.29) is 11.3 Å². The molecule has 1 aromatic heterocycles. The molecule has 1 aromatic rings. The third kappa shape index (κ3) is 3.29. The minimum absolute atomic E-state index is 0.286. The van der Waals surface area contributed by atoms with Crippen LogP contribution in [0.1, 0.15) is 52.4 Å². The van der Waals surface area contributed by atoms with E-state index in [1.54, 1.807) is 0 Å². The van der Waals surface area contributed by atoms with E-state index in [0.717, 1.165) is 37.3 Å². The monoisotopic (exact) mass is 279 g/mol. The Kier molecular flexibility index (Phi) is 5.93.